The zero-order valence-electron chi connectivity index (χ0n) is 17.5. The zero-order valence-corrected chi connectivity index (χ0v) is 17.5. The first-order valence-corrected chi connectivity index (χ1v) is 11.5. The van der Waals surface area contributed by atoms with Crippen LogP contribution in [0.15, 0.2) is 29.1 Å². The van der Waals surface area contributed by atoms with Gasteiger partial charge in [-0.1, -0.05) is 51.2 Å². The minimum absolute atomic E-state index is 0.000632. The number of carbonyl (C=O) groups is 1. The van der Waals surface area contributed by atoms with Crippen LogP contribution in [0.25, 0.3) is 10.9 Å². The van der Waals surface area contributed by atoms with Crippen LogP contribution >= 0.6 is 0 Å². The summed E-state index contributed by atoms with van der Waals surface area (Å²) >= 11 is 0. The van der Waals surface area contributed by atoms with Crippen molar-refractivity contribution in [3.63, 3.8) is 0 Å². The number of hydrogen-bond acceptors (Lipinski definition) is 3. The van der Waals surface area contributed by atoms with Crippen LogP contribution in [0.5, 0.6) is 0 Å². The summed E-state index contributed by atoms with van der Waals surface area (Å²) in [4.78, 5) is 31.2. The van der Waals surface area contributed by atoms with Gasteiger partial charge in [-0.2, -0.15) is 0 Å². The van der Waals surface area contributed by atoms with Crippen LogP contribution in [-0.4, -0.2) is 15.6 Å². The lowest BCUT2D eigenvalue weighted by molar-refractivity contribution is -0.122. The molecule has 2 aliphatic rings. The largest absolute Gasteiger partial charge is 0.280 e. The number of fused-ring (bicyclic) bond motifs is 1. The topological polar surface area (TPSA) is 64.0 Å². The molecule has 0 spiro atoms. The molecular weight excluding hydrogens is 362 g/mol. The van der Waals surface area contributed by atoms with Crippen LogP contribution in [0.4, 0.5) is 0 Å². The summed E-state index contributed by atoms with van der Waals surface area (Å²) in [5.41, 5.74) is 3.56. The summed E-state index contributed by atoms with van der Waals surface area (Å²) in [5.74, 6) is 1.71. The SMILES string of the molecule is CCCC1CCC(C(=O)Nn2c(C3CCCCC3)nc3ccccc3c2=O)CC1. The summed E-state index contributed by atoms with van der Waals surface area (Å²) in [6.45, 7) is 2.23. The zero-order chi connectivity index (χ0) is 20.2. The fourth-order valence-electron chi connectivity index (χ4n) is 5.22. The van der Waals surface area contributed by atoms with Crippen molar-refractivity contribution in [2.75, 3.05) is 5.43 Å². The Bertz CT molecular complexity index is 906. The lowest BCUT2D eigenvalue weighted by Crippen LogP contribution is -2.40. The Balaban J connectivity index is 1.61. The molecule has 5 nitrogen and oxygen atoms in total. The number of para-hydroxylation sites is 1. The van der Waals surface area contributed by atoms with E-state index in [1.165, 1.54) is 23.9 Å². The average Bonchev–Trinajstić information content (AvgIpc) is 2.77. The fraction of sp³-hybridized carbons (Fsp3) is 0.625. The molecule has 5 heteroatoms. The normalized spacial score (nSPS) is 23.2. The minimum atomic E-state index is -0.149. The number of benzene rings is 1. The van der Waals surface area contributed by atoms with Gasteiger partial charge in [-0.25, -0.2) is 9.66 Å². The van der Waals surface area contributed by atoms with Crippen LogP contribution in [0, 0.1) is 11.8 Å². The van der Waals surface area contributed by atoms with E-state index in [2.05, 4.69) is 12.3 Å². The van der Waals surface area contributed by atoms with Crippen LogP contribution in [0.2, 0.25) is 0 Å². The van der Waals surface area contributed by atoms with E-state index in [0.717, 1.165) is 68.6 Å². The molecule has 29 heavy (non-hydrogen) atoms. The highest BCUT2D eigenvalue weighted by Crippen LogP contribution is 2.33. The third kappa shape index (κ3) is 4.39. The van der Waals surface area contributed by atoms with Crippen LogP contribution in [0.1, 0.15) is 89.3 Å². The molecular formula is C24H33N3O2. The number of hydrogen-bond donors (Lipinski definition) is 1. The number of amides is 1. The molecule has 1 N–H and O–H groups in total. The third-order valence-corrected chi connectivity index (χ3v) is 6.91. The number of rotatable bonds is 5. The van der Waals surface area contributed by atoms with E-state index < -0.39 is 0 Å². The van der Waals surface area contributed by atoms with Gasteiger partial charge in [0, 0.05) is 11.8 Å². The van der Waals surface area contributed by atoms with E-state index in [0.29, 0.717) is 5.39 Å². The Hall–Kier alpha value is -2.17. The molecule has 1 amide bonds. The van der Waals surface area contributed by atoms with E-state index in [9.17, 15) is 9.59 Å². The maximum atomic E-state index is 13.3. The first-order chi connectivity index (χ1) is 14.2. The van der Waals surface area contributed by atoms with Gasteiger partial charge in [0.25, 0.3) is 5.56 Å². The summed E-state index contributed by atoms with van der Waals surface area (Å²) in [7, 11) is 0. The van der Waals surface area contributed by atoms with Crippen LogP contribution < -0.4 is 11.0 Å². The molecule has 4 rings (SSSR count). The molecule has 1 aromatic carbocycles. The van der Waals surface area contributed by atoms with Gasteiger partial charge in [-0.15, -0.1) is 0 Å². The molecule has 2 fully saturated rings. The van der Waals surface area contributed by atoms with Gasteiger partial charge in [0.05, 0.1) is 10.9 Å². The molecule has 2 aromatic rings. The van der Waals surface area contributed by atoms with E-state index in [4.69, 9.17) is 4.98 Å². The van der Waals surface area contributed by atoms with Crippen molar-refractivity contribution >= 4 is 16.8 Å². The van der Waals surface area contributed by atoms with Gasteiger partial charge in [-0.05, 0) is 56.6 Å². The van der Waals surface area contributed by atoms with Crippen molar-refractivity contribution < 1.29 is 4.79 Å². The van der Waals surface area contributed by atoms with E-state index in [-0.39, 0.29) is 23.3 Å². The summed E-state index contributed by atoms with van der Waals surface area (Å²) in [6, 6.07) is 7.46. The summed E-state index contributed by atoms with van der Waals surface area (Å²) in [6.07, 6.45) is 12.2. The number of nitrogens with zero attached hydrogens (tertiary/aromatic N) is 2. The Morgan fingerprint density at radius 2 is 1.79 bits per heavy atom. The van der Waals surface area contributed by atoms with Gasteiger partial charge >= 0.3 is 0 Å². The second kappa shape index (κ2) is 9.10. The Kier molecular flexibility index (Phi) is 6.31. The second-order valence-electron chi connectivity index (χ2n) is 8.95. The van der Waals surface area contributed by atoms with Gasteiger partial charge in [0.2, 0.25) is 5.91 Å². The average molecular weight is 396 g/mol. The van der Waals surface area contributed by atoms with Crippen molar-refractivity contribution in [1.82, 2.24) is 9.66 Å². The molecule has 2 saturated carbocycles. The minimum Gasteiger partial charge on any atom is -0.273 e. The summed E-state index contributed by atoms with van der Waals surface area (Å²) < 4.78 is 1.48. The van der Waals surface area contributed by atoms with E-state index >= 15 is 0 Å². The molecule has 1 heterocycles. The maximum absolute atomic E-state index is 13.3. The fourth-order valence-corrected chi connectivity index (χ4v) is 5.22. The molecule has 1 aromatic heterocycles. The van der Waals surface area contributed by atoms with Crippen LogP contribution in [0.3, 0.4) is 0 Å². The molecule has 0 unspecified atom stereocenters. The van der Waals surface area contributed by atoms with Crippen molar-refractivity contribution in [2.24, 2.45) is 11.8 Å². The predicted octanol–water partition coefficient (Wildman–Crippen LogP) is 5.12. The third-order valence-electron chi connectivity index (χ3n) is 6.91. The highest BCUT2D eigenvalue weighted by molar-refractivity contribution is 5.86. The molecule has 0 atom stereocenters. The molecule has 0 radical (unpaired) electrons. The van der Waals surface area contributed by atoms with Crippen molar-refractivity contribution in [2.45, 2.75) is 83.5 Å². The Labute approximate surface area is 172 Å². The second-order valence-corrected chi connectivity index (χ2v) is 8.95. The van der Waals surface area contributed by atoms with E-state index in [1.807, 2.05) is 18.2 Å². The van der Waals surface area contributed by atoms with Gasteiger partial charge in [0.15, 0.2) is 0 Å². The lowest BCUT2D eigenvalue weighted by Gasteiger charge is -2.29. The first kappa shape index (κ1) is 20.1. The number of nitrogens with one attached hydrogen (secondary N) is 1. The van der Waals surface area contributed by atoms with Crippen LogP contribution in [-0.2, 0) is 4.79 Å². The van der Waals surface area contributed by atoms with E-state index in [1.54, 1.807) is 6.07 Å². The van der Waals surface area contributed by atoms with Gasteiger partial charge < -0.3 is 0 Å². The highest BCUT2D eigenvalue weighted by Gasteiger charge is 2.28. The predicted molar refractivity (Wildman–Crippen MR) is 117 cm³/mol. The molecule has 2 aliphatic carbocycles. The van der Waals surface area contributed by atoms with Crippen molar-refractivity contribution in [1.29, 1.82) is 0 Å². The highest BCUT2D eigenvalue weighted by atomic mass is 16.2. The molecule has 156 valence electrons. The molecule has 0 saturated heterocycles. The quantitative estimate of drug-likeness (QED) is 0.764. The smallest absolute Gasteiger partial charge is 0.273 e. The van der Waals surface area contributed by atoms with Gasteiger partial charge in [-0.3, -0.25) is 15.0 Å². The Morgan fingerprint density at radius 3 is 2.52 bits per heavy atom. The number of aromatic nitrogens is 2. The van der Waals surface area contributed by atoms with Crippen molar-refractivity contribution in [3.8, 4) is 0 Å². The lowest BCUT2D eigenvalue weighted by atomic mass is 9.80. The standard InChI is InChI=1S/C24H33N3O2/c1-2-8-17-13-15-19(16-14-17)23(28)26-27-22(18-9-4-3-5-10-18)25-21-12-7-6-11-20(21)24(27)29/h6-7,11-12,17-19H,2-5,8-10,13-16H2,1H3,(H,26,28). The molecule has 0 aliphatic heterocycles. The monoisotopic (exact) mass is 395 g/mol. The maximum Gasteiger partial charge on any atom is 0.280 e. The number of carbonyl (C=O) groups excluding carboxylic acids is 1. The summed E-state index contributed by atoms with van der Waals surface area (Å²) in [5, 5.41) is 0.569. The van der Waals surface area contributed by atoms with Crippen molar-refractivity contribution in [3.05, 3.63) is 40.4 Å². The first-order valence-electron chi connectivity index (χ1n) is 11.5. The molecule has 0 bridgehead atoms. The van der Waals surface area contributed by atoms with Gasteiger partial charge in [0.1, 0.15) is 5.82 Å². The Morgan fingerprint density at radius 1 is 1.07 bits per heavy atom.